The Bertz CT molecular complexity index is 366. The van der Waals surface area contributed by atoms with Gasteiger partial charge in [0.15, 0.2) is 17.5 Å². The van der Waals surface area contributed by atoms with E-state index < -0.39 is 17.5 Å². The van der Waals surface area contributed by atoms with Crippen LogP contribution in [0.3, 0.4) is 0 Å². The molecule has 1 nitrogen and oxygen atoms in total. The summed E-state index contributed by atoms with van der Waals surface area (Å²) in [5, 5.41) is 3.04. The molecule has 1 aromatic carbocycles. The minimum Gasteiger partial charge on any atom is -0.313 e. The smallest absolute Gasteiger partial charge is 0.194 e. The van der Waals surface area contributed by atoms with Crippen molar-refractivity contribution in [2.45, 2.75) is 39.2 Å². The third-order valence-electron chi connectivity index (χ3n) is 3.48. The van der Waals surface area contributed by atoms with E-state index in [1.807, 2.05) is 0 Å². The molecule has 0 spiro atoms. The lowest BCUT2D eigenvalue weighted by atomic mass is 9.91. The van der Waals surface area contributed by atoms with Crippen LogP contribution in [0.1, 0.15) is 44.7 Å². The van der Waals surface area contributed by atoms with Crippen LogP contribution < -0.4 is 5.32 Å². The maximum atomic E-state index is 13.2. The topological polar surface area (TPSA) is 12.0 Å². The normalized spacial score (nSPS) is 13.1. The van der Waals surface area contributed by atoms with Gasteiger partial charge in [0.25, 0.3) is 0 Å². The van der Waals surface area contributed by atoms with E-state index in [0.717, 1.165) is 31.4 Å². The molecule has 1 rings (SSSR count). The molecule has 0 saturated heterocycles. The van der Waals surface area contributed by atoms with Crippen LogP contribution in [-0.4, -0.2) is 7.05 Å². The fourth-order valence-electron chi connectivity index (χ4n) is 2.15. The minimum absolute atomic E-state index is 0.153. The summed E-state index contributed by atoms with van der Waals surface area (Å²) in [6.45, 7) is 4.18. The molecule has 0 amide bonds. The maximum Gasteiger partial charge on any atom is 0.194 e. The summed E-state index contributed by atoms with van der Waals surface area (Å²) in [4.78, 5) is 0. The molecule has 102 valence electrons. The van der Waals surface area contributed by atoms with Crippen LogP contribution in [0, 0.1) is 23.4 Å². The van der Waals surface area contributed by atoms with Gasteiger partial charge in [-0.3, -0.25) is 0 Å². The van der Waals surface area contributed by atoms with Gasteiger partial charge in [0, 0.05) is 6.04 Å². The van der Waals surface area contributed by atoms with Crippen molar-refractivity contribution in [2.75, 3.05) is 7.05 Å². The Balaban J connectivity index is 2.95. The van der Waals surface area contributed by atoms with Gasteiger partial charge in [-0.2, -0.15) is 0 Å². The van der Waals surface area contributed by atoms with Crippen LogP contribution in [0.15, 0.2) is 12.1 Å². The Morgan fingerprint density at radius 1 is 1.06 bits per heavy atom. The number of nitrogens with one attached hydrogen (secondary N) is 1. The molecule has 18 heavy (non-hydrogen) atoms. The van der Waals surface area contributed by atoms with Gasteiger partial charge in [-0.1, -0.05) is 26.7 Å². The van der Waals surface area contributed by atoms with E-state index in [1.54, 1.807) is 7.05 Å². The van der Waals surface area contributed by atoms with E-state index in [4.69, 9.17) is 0 Å². The van der Waals surface area contributed by atoms with Gasteiger partial charge in [0.05, 0.1) is 0 Å². The van der Waals surface area contributed by atoms with E-state index >= 15 is 0 Å². The molecule has 0 saturated carbocycles. The van der Waals surface area contributed by atoms with Crippen molar-refractivity contribution in [3.63, 3.8) is 0 Å². The van der Waals surface area contributed by atoms with E-state index in [0.29, 0.717) is 11.5 Å². The zero-order valence-electron chi connectivity index (χ0n) is 11.1. The van der Waals surface area contributed by atoms with Crippen LogP contribution in [0.25, 0.3) is 0 Å². The number of hydrogen-bond acceptors (Lipinski definition) is 1. The molecule has 4 heteroatoms. The summed E-state index contributed by atoms with van der Waals surface area (Å²) in [5.41, 5.74) is 0.459. The van der Waals surface area contributed by atoms with Gasteiger partial charge in [-0.05, 0) is 37.1 Å². The Morgan fingerprint density at radius 3 is 1.94 bits per heavy atom. The summed E-state index contributed by atoms with van der Waals surface area (Å²) in [5.74, 6) is -3.18. The first-order chi connectivity index (χ1) is 8.53. The highest BCUT2D eigenvalue weighted by molar-refractivity contribution is 5.22. The first-order valence-corrected chi connectivity index (χ1v) is 6.35. The van der Waals surface area contributed by atoms with Crippen LogP contribution in [0.4, 0.5) is 13.2 Å². The molecule has 1 unspecified atom stereocenters. The van der Waals surface area contributed by atoms with Crippen molar-refractivity contribution in [1.82, 2.24) is 5.32 Å². The van der Waals surface area contributed by atoms with Gasteiger partial charge in [0.1, 0.15) is 0 Å². The fourth-order valence-corrected chi connectivity index (χ4v) is 2.15. The molecule has 0 aliphatic rings. The second kappa shape index (κ2) is 6.78. The molecular weight excluding hydrogens is 239 g/mol. The molecule has 0 aromatic heterocycles. The van der Waals surface area contributed by atoms with E-state index in [9.17, 15) is 13.2 Å². The van der Waals surface area contributed by atoms with Gasteiger partial charge in [-0.25, -0.2) is 13.2 Å². The first kappa shape index (κ1) is 15.0. The van der Waals surface area contributed by atoms with Crippen molar-refractivity contribution in [1.29, 1.82) is 0 Å². The molecule has 0 aliphatic carbocycles. The summed E-state index contributed by atoms with van der Waals surface area (Å²) < 4.78 is 39.3. The van der Waals surface area contributed by atoms with E-state index in [-0.39, 0.29) is 6.04 Å². The summed E-state index contributed by atoms with van der Waals surface area (Å²) in [6.07, 6.45) is 2.82. The zero-order valence-corrected chi connectivity index (χ0v) is 11.1. The highest BCUT2D eigenvalue weighted by Gasteiger charge is 2.18. The predicted octanol–water partition coefficient (Wildman–Crippen LogP) is 4.19. The largest absolute Gasteiger partial charge is 0.313 e. The lowest BCUT2D eigenvalue weighted by Crippen LogP contribution is -2.20. The maximum absolute atomic E-state index is 13.2. The van der Waals surface area contributed by atoms with Gasteiger partial charge in [0.2, 0.25) is 0 Å². The van der Waals surface area contributed by atoms with Crippen LogP contribution in [0.5, 0.6) is 0 Å². The Hall–Kier alpha value is -1.03. The summed E-state index contributed by atoms with van der Waals surface area (Å²) in [6, 6.07) is 1.99. The number of rotatable bonds is 6. The highest BCUT2D eigenvalue weighted by Crippen LogP contribution is 2.27. The lowest BCUT2D eigenvalue weighted by Gasteiger charge is -2.22. The molecule has 0 bridgehead atoms. The predicted molar refractivity (Wildman–Crippen MR) is 66.8 cm³/mol. The van der Waals surface area contributed by atoms with Crippen LogP contribution >= 0.6 is 0 Å². The molecule has 0 heterocycles. The molecule has 0 fully saturated rings. The van der Waals surface area contributed by atoms with E-state index in [2.05, 4.69) is 19.2 Å². The average Bonchev–Trinajstić information content (AvgIpc) is 2.37. The number of hydrogen-bond donors (Lipinski definition) is 1. The van der Waals surface area contributed by atoms with Crippen molar-refractivity contribution >= 4 is 0 Å². The number of benzene rings is 1. The quantitative estimate of drug-likeness (QED) is 0.755. The Morgan fingerprint density at radius 2 is 1.56 bits per heavy atom. The monoisotopic (exact) mass is 259 g/mol. The van der Waals surface area contributed by atoms with Crippen molar-refractivity contribution < 1.29 is 13.2 Å². The van der Waals surface area contributed by atoms with Gasteiger partial charge >= 0.3 is 0 Å². The third-order valence-corrected chi connectivity index (χ3v) is 3.48. The Labute approximate surface area is 106 Å². The third kappa shape index (κ3) is 3.48. The molecule has 1 atom stereocenters. The van der Waals surface area contributed by atoms with Crippen molar-refractivity contribution in [2.24, 2.45) is 5.92 Å². The van der Waals surface area contributed by atoms with Crippen LogP contribution in [-0.2, 0) is 0 Å². The first-order valence-electron chi connectivity index (χ1n) is 6.35. The summed E-state index contributed by atoms with van der Waals surface area (Å²) >= 11 is 0. The average molecular weight is 259 g/mol. The highest BCUT2D eigenvalue weighted by atomic mass is 19.2. The molecule has 0 aliphatic heterocycles. The molecule has 1 N–H and O–H groups in total. The standard InChI is InChI=1S/C14H20F3N/c1-4-9(5-2)6-13(18-3)10-7-11(15)14(17)12(16)8-10/h7-9,13,18H,4-6H2,1-3H3. The minimum atomic E-state index is -1.41. The fraction of sp³-hybridized carbons (Fsp3) is 0.571. The van der Waals surface area contributed by atoms with Crippen LogP contribution in [0.2, 0.25) is 0 Å². The van der Waals surface area contributed by atoms with Gasteiger partial charge < -0.3 is 5.32 Å². The van der Waals surface area contributed by atoms with Crippen molar-refractivity contribution in [3.8, 4) is 0 Å². The SMILES string of the molecule is CCC(CC)CC(NC)c1cc(F)c(F)c(F)c1. The van der Waals surface area contributed by atoms with Crippen molar-refractivity contribution in [3.05, 3.63) is 35.1 Å². The summed E-state index contributed by atoms with van der Waals surface area (Å²) in [7, 11) is 1.74. The lowest BCUT2D eigenvalue weighted by molar-refractivity contribution is 0.380. The second-order valence-electron chi connectivity index (χ2n) is 4.56. The zero-order chi connectivity index (χ0) is 13.7. The molecular formula is C14H20F3N. The van der Waals surface area contributed by atoms with Gasteiger partial charge in [-0.15, -0.1) is 0 Å². The molecule has 0 radical (unpaired) electrons. The molecule has 1 aromatic rings. The van der Waals surface area contributed by atoms with E-state index in [1.165, 1.54) is 0 Å². The number of halogens is 3. The second-order valence-corrected chi connectivity index (χ2v) is 4.56. The Kier molecular flexibility index (Phi) is 5.66.